The van der Waals surface area contributed by atoms with Crippen molar-refractivity contribution in [2.75, 3.05) is 12.2 Å². The number of carbonyl (C=O) groups is 1. The summed E-state index contributed by atoms with van der Waals surface area (Å²) in [5, 5.41) is 19.6. The van der Waals surface area contributed by atoms with Gasteiger partial charge in [0.15, 0.2) is 0 Å². The van der Waals surface area contributed by atoms with E-state index < -0.39 is 36.8 Å². The fraction of sp³-hybridized carbons (Fsp3) is 0.278. The second-order valence-electron chi connectivity index (χ2n) is 5.64. The van der Waals surface area contributed by atoms with Gasteiger partial charge in [-0.25, -0.2) is 4.79 Å². The van der Waals surface area contributed by atoms with Crippen LogP contribution in [0.4, 0.5) is 23.7 Å². The third kappa shape index (κ3) is 4.69. The fourth-order valence-electron chi connectivity index (χ4n) is 2.46. The summed E-state index contributed by atoms with van der Waals surface area (Å²) in [7, 11) is 1.06. The number of carbonyl (C=O) groups excluding carboxylic acids is 1. The Balaban J connectivity index is 2.40. The summed E-state index contributed by atoms with van der Waals surface area (Å²) in [6.07, 6.45) is -5.71. The minimum Gasteiger partial charge on any atom is -0.488 e. The van der Waals surface area contributed by atoms with Crippen LogP contribution in [-0.2, 0) is 24.1 Å². The van der Waals surface area contributed by atoms with E-state index in [1.54, 1.807) is 0 Å². The van der Waals surface area contributed by atoms with Crippen molar-refractivity contribution in [3.63, 3.8) is 0 Å². The molecule has 0 aliphatic rings. The van der Waals surface area contributed by atoms with Gasteiger partial charge in [-0.05, 0) is 30.7 Å². The molecule has 0 aliphatic carbocycles. The van der Waals surface area contributed by atoms with Crippen molar-refractivity contribution in [1.82, 2.24) is 0 Å². The summed E-state index contributed by atoms with van der Waals surface area (Å²) >= 11 is 0. The minimum absolute atomic E-state index is 0.0749. The van der Waals surface area contributed by atoms with Gasteiger partial charge < -0.3 is 14.6 Å². The molecule has 2 rings (SSSR count). The Hall–Kier alpha value is -2.78. The molecule has 0 aromatic heterocycles. The number of anilines is 1. The van der Waals surface area contributed by atoms with Gasteiger partial charge in [-0.15, -0.1) is 0 Å². The Kier molecular flexibility index (Phi) is 6.29. The van der Waals surface area contributed by atoms with Gasteiger partial charge >= 0.3 is 12.3 Å². The highest BCUT2D eigenvalue weighted by Gasteiger charge is 2.34. The van der Waals surface area contributed by atoms with E-state index >= 15 is 0 Å². The first-order valence-electron chi connectivity index (χ1n) is 7.78. The van der Waals surface area contributed by atoms with E-state index in [9.17, 15) is 28.3 Å². The number of ether oxygens (including phenoxy) is 2. The van der Waals surface area contributed by atoms with Crippen molar-refractivity contribution < 1.29 is 37.8 Å². The molecule has 0 radical (unpaired) electrons. The smallest absolute Gasteiger partial charge is 0.438 e. The highest BCUT2D eigenvalue weighted by molar-refractivity contribution is 5.86. The third-order valence-corrected chi connectivity index (χ3v) is 3.81. The highest BCUT2D eigenvalue weighted by atomic mass is 19.4. The van der Waals surface area contributed by atoms with Crippen molar-refractivity contribution in [3.05, 3.63) is 58.7 Å². The van der Waals surface area contributed by atoms with Gasteiger partial charge in [-0.2, -0.15) is 18.2 Å². The van der Waals surface area contributed by atoms with E-state index in [-0.39, 0.29) is 21.9 Å². The number of halogens is 3. The quantitative estimate of drug-likeness (QED) is 0.600. The van der Waals surface area contributed by atoms with Crippen molar-refractivity contribution in [3.8, 4) is 5.75 Å². The standard InChI is InChI=1S/C18H18F3NO5/c1-11-6-7-16(14(8-11)18(19,20)21)27-10-13-12(9-23)4-3-5-15(13)22(25)17(24)26-2/h3-8,23,25H,9-10H2,1-2H3. The largest absolute Gasteiger partial charge is 0.488 e. The van der Waals surface area contributed by atoms with E-state index in [1.807, 2.05) is 0 Å². The SMILES string of the molecule is COC(=O)N(O)c1cccc(CO)c1COc1ccc(C)cc1C(F)(F)F. The van der Waals surface area contributed by atoms with Crippen LogP contribution in [0.25, 0.3) is 0 Å². The number of aryl methyl sites for hydroxylation is 1. The van der Waals surface area contributed by atoms with Crippen molar-refractivity contribution >= 4 is 11.8 Å². The number of amides is 1. The predicted molar refractivity (Wildman–Crippen MR) is 89.5 cm³/mol. The van der Waals surface area contributed by atoms with Crippen LogP contribution < -0.4 is 9.80 Å². The summed E-state index contributed by atoms with van der Waals surface area (Å²) in [6, 6.07) is 7.92. The Labute approximate surface area is 153 Å². The maximum absolute atomic E-state index is 13.2. The van der Waals surface area contributed by atoms with Crippen LogP contribution in [0.15, 0.2) is 36.4 Å². The highest BCUT2D eigenvalue weighted by Crippen LogP contribution is 2.37. The number of hydroxylamine groups is 1. The fourth-order valence-corrected chi connectivity index (χ4v) is 2.46. The molecule has 0 atom stereocenters. The molecule has 9 heteroatoms. The number of hydrogen-bond acceptors (Lipinski definition) is 5. The van der Waals surface area contributed by atoms with Crippen LogP contribution in [0.1, 0.15) is 22.3 Å². The Morgan fingerprint density at radius 1 is 1.22 bits per heavy atom. The van der Waals surface area contributed by atoms with Gasteiger partial charge in [-0.3, -0.25) is 5.21 Å². The molecule has 27 heavy (non-hydrogen) atoms. The maximum Gasteiger partial charge on any atom is 0.438 e. The number of aliphatic hydroxyl groups is 1. The van der Waals surface area contributed by atoms with Crippen LogP contribution in [-0.4, -0.2) is 23.5 Å². The first-order valence-corrected chi connectivity index (χ1v) is 7.78. The van der Waals surface area contributed by atoms with E-state index in [4.69, 9.17) is 4.74 Å². The minimum atomic E-state index is -4.62. The van der Waals surface area contributed by atoms with Gasteiger partial charge in [-0.1, -0.05) is 23.8 Å². The number of rotatable bonds is 5. The van der Waals surface area contributed by atoms with Crippen LogP contribution in [0, 0.1) is 6.92 Å². The average Bonchev–Trinajstić information content (AvgIpc) is 2.64. The summed E-state index contributed by atoms with van der Waals surface area (Å²) in [6.45, 7) is 0.631. The Morgan fingerprint density at radius 2 is 1.93 bits per heavy atom. The van der Waals surface area contributed by atoms with E-state index in [0.29, 0.717) is 5.56 Å². The van der Waals surface area contributed by atoms with E-state index in [0.717, 1.165) is 13.2 Å². The zero-order valence-electron chi connectivity index (χ0n) is 14.6. The molecule has 2 N–H and O–H groups in total. The predicted octanol–water partition coefficient (Wildman–Crippen LogP) is 4.05. The molecule has 1 amide bonds. The number of hydrogen-bond donors (Lipinski definition) is 2. The van der Waals surface area contributed by atoms with Crippen LogP contribution in [0.5, 0.6) is 5.75 Å². The van der Waals surface area contributed by atoms with Gasteiger partial charge in [0.2, 0.25) is 0 Å². The molecule has 0 fully saturated rings. The number of benzene rings is 2. The summed E-state index contributed by atoms with van der Waals surface area (Å²) in [4.78, 5) is 11.6. The zero-order chi connectivity index (χ0) is 20.2. The van der Waals surface area contributed by atoms with Crippen molar-refractivity contribution in [2.45, 2.75) is 26.3 Å². The molecule has 6 nitrogen and oxygen atoms in total. The molecule has 0 unspecified atom stereocenters. The number of aliphatic hydroxyl groups excluding tert-OH is 1. The molecular formula is C18H18F3NO5. The first kappa shape index (κ1) is 20.5. The molecule has 0 saturated heterocycles. The lowest BCUT2D eigenvalue weighted by atomic mass is 10.1. The monoisotopic (exact) mass is 385 g/mol. The van der Waals surface area contributed by atoms with E-state index in [2.05, 4.69) is 4.74 Å². The van der Waals surface area contributed by atoms with Gasteiger partial charge in [0, 0.05) is 5.56 Å². The van der Waals surface area contributed by atoms with Crippen LogP contribution in [0.2, 0.25) is 0 Å². The molecule has 2 aromatic rings. The normalized spacial score (nSPS) is 11.2. The second-order valence-corrected chi connectivity index (χ2v) is 5.64. The lowest BCUT2D eigenvalue weighted by Gasteiger charge is -2.21. The Morgan fingerprint density at radius 3 is 2.52 bits per heavy atom. The first-order chi connectivity index (χ1) is 12.7. The summed E-state index contributed by atoms with van der Waals surface area (Å²) < 4.78 is 49.4. The molecule has 0 heterocycles. The average molecular weight is 385 g/mol. The zero-order valence-corrected chi connectivity index (χ0v) is 14.6. The summed E-state index contributed by atoms with van der Waals surface area (Å²) in [5.41, 5.74) is -0.190. The lowest BCUT2D eigenvalue weighted by Crippen LogP contribution is -2.28. The van der Waals surface area contributed by atoms with Gasteiger partial charge in [0.25, 0.3) is 0 Å². The van der Waals surface area contributed by atoms with Crippen LogP contribution in [0.3, 0.4) is 0 Å². The maximum atomic E-state index is 13.2. The van der Waals surface area contributed by atoms with Gasteiger partial charge in [0.05, 0.1) is 25.0 Å². The Bertz CT molecular complexity index is 823. The molecular weight excluding hydrogens is 367 g/mol. The third-order valence-electron chi connectivity index (χ3n) is 3.81. The topological polar surface area (TPSA) is 79.2 Å². The number of methoxy groups -OCH3 is 1. The lowest BCUT2D eigenvalue weighted by molar-refractivity contribution is -0.139. The molecule has 146 valence electrons. The van der Waals surface area contributed by atoms with Crippen molar-refractivity contribution in [1.29, 1.82) is 0 Å². The van der Waals surface area contributed by atoms with Gasteiger partial charge in [0.1, 0.15) is 12.4 Å². The number of nitrogens with zero attached hydrogens (tertiary/aromatic N) is 1. The molecule has 0 aliphatic heterocycles. The molecule has 0 spiro atoms. The molecule has 0 bridgehead atoms. The van der Waals surface area contributed by atoms with Crippen molar-refractivity contribution in [2.24, 2.45) is 0 Å². The van der Waals surface area contributed by atoms with Crippen LogP contribution >= 0.6 is 0 Å². The molecule has 2 aromatic carbocycles. The molecule has 0 saturated carbocycles. The number of alkyl halides is 3. The second kappa shape index (κ2) is 8.28. The van der Waals surface area contributed by atoms with E-state index in [1.165, 1.54) is 37.3 Å². The summed E-state index contributed by atoms with van der Waals surface area (Å²) in [5.74, 6) is -0.408.